The Labute approximate surface area is 168 Å². The molecule has 0 saturated heterocycles. The van der Waals surface area contributed by atoms with Crippen molar-refractivity contribution in [2.24, 2.45) is 0 Å². The quantitative estimate of drug-likeness (QED) is 0.511. The van der Waals surface area contributed by atoms with Crippen LogP contribution in [0.15, 0.2) is 30.3 Å². The molecule has 0 aliphatic carbocycles. The molecule has 0 heterocycles. The van der Waals surface area contributed by atoms with E-state index in [1.54, 1.807) is 26.4 Å². The smallest absolute Gasteiger partial charge is 0.495 e. The molecule has 0 aromatic heterocycles. The van der Waals surface area contributed by atoms with Gasteiger partial charge in [0.2, 0.25) is 11.5 Å². The third kappa shape index (κ3) is 4.54. The van der Waals surface area contributed by atoms with Gasteiger partial charge in [-0.15, -0.1) is 5.30 Å². The van der Waals surface area contributed by atoms with Crippen LogP contribution in [0.25, 0.3) is 0 Å². The van der Waals surface area contributed by atoms with Crippen molar-refractivity contribution in [2.75, 3.05) is 27.9 Å². The van der Waals surface area contributed by atoms with Crippen LogP contribution in [0.5, 0.6) is 23.0 Å². The van der Waals surface area contributed by atoms with E-state index in [2.05, 4.69) is 0 Å². The van der Waals surface area contributed by atoms with Gasteiger partial charge in [-0.25, -0.2) is 0 Å². The SMILES string of the molecule is CCOc1c(OC)c(C)c([P-]C(=O)c2ccccc2)c(OC)c1OC.[Li+]. The second kappa shape index (κ2) is 10.5. The summed E-state index contributed by atoms with van der Waals surface area (Å²) in [5.74, 6) is 1.93. The maximum absolute atomic E-state index is 12.7. The van der Waals surface area contributed by atoms with Gasteiger partial charge in [-0.2, -0.15) is 0 Å². The van der Waals surface area contributed by atoms with Crippen LogP contribution in [-0.2, 0) is 0 Å². The predicted octanol–water partition coefficient (Wildman–Crippen LogP) is 0.835. The molecule has 0 bridgehead atoms. The number of ether oxygens (including phenoxy) is 4. The van der Waals surface area contributed by atoms with E-state index in [4.69, 9.17) is 18.9 Å². The first-order chi connectivity index (χ1) is 12.1. The van der Waals surface area contributed by atoms with Crippen LogP contribution in [0.4, 0.5) is 0 Å². The van der Waals surface area contributed by atoms with Crippen LogP contribution in [-0.4, -0.2) is 33.5 Å². The van der Waals surface area contributed by atoms with Crippen molar-refractivity contribution in [3.63, 3.8) is 0 Å². The summed E-state index contributed by atoms with van der Waals surface area (Å²) in [5.41, 5.74) is 1.39. The minimum atomic E-state index is -0.0322. The van der Waals surface area contributed by atoms with E-state index in [1.807, 2.05) is 32.0 Å². The zero-order chi connectivity index (χ0) is 18.4. The molecule has 2 rings (SSSR count). The van der Waals surface area contributed by atoms with E-state index in [9.17, 15) is 4.79 Å². The second-order valence-corrected chi connectivity index (χ2v) is 6.20. The maximum Gasteiger partial charge on any atom is 1.00 e. The molecule has 134 valence electrons. The fourth-order valence-corrected chi connectivity index (χ4v) is 3.58. The van der Waals surface area contributed by atoms with E-state index < -0.39 is 0 Å². The van der Waals surface area contributed by atoms with Gasteiger partial charge in [0.25, 0.3) is 0 Å². The van der Waals surface area contributed by atoms with Crippen LogP contribution >= 0.6 is 8.58 Å². The number of carbonyl (C=O) groups excluding carboxylic acids is 1. The van der Waals surface area contributed by atoms with Crippen molar-refractivity contribution in [2.45, 2.75) is 13.8 Å². The largest absolute Gasteiger partial charge is 1.00 e. The summed E-state index contributed by atoms with van der Waals surface area (Å²) in [6.07, 6.45) is 0. The van der Waals surface area contributed by atoms with E-state index in [-0.39, 0.29) is 24.4 Å². The Kier molecular flexibility index (Phi) is 9.02. The molecule has 0 atom stereocenters. The first-order valence-corrected chi connectivity index (χ1v) is 8.74. The van der Waals surface area contributed by atoms with Gasteiger partial charge in [-0.05, 0) is 25.0 Å². The molecule has 0 fully saturated rings. The molecule has 0 aliphatic heterocycles. The van der Waals surface area contributed by atoms with Gasteiger partial charge in [0.15, 0.2) is 5.75 Å². The number of rotatable bonds is 8. The first kappa shape index (κ1) is 22.4. The third-order valence-electron chi connectivity index (χ3n) is 3.66. The first-order valence-electron chi connectivity index (χ1n) is 7.85. The summed E-state index contributed by atoms with van der Waals surface area (Å²) in [4.78, 5) is 12.7. The maximum atomic E-state index is 12.7. The predicted molar refractivity (Wildman–Crippen MR) is 99.3 cm³/mol. The number of hydrogen-bond donors (Lipinski definition) is 0. The second-order valence-electron chi connectivity index (χ2n) is 5.12. The van der Waals surface area contributed by atoms with Crippen molar-refractivity contribution in [1.82, 2.24) is 0 Å². The molecule has 0 spiro atoms. The minimum absolute atomic E-state index is 0. The molecule has 0 amide bonds. The third-order valence-corrected chi connectivity index (χ3v) is 4.89. The summed E-state index contributed by atoms with van der Waals surface area (Å²) in [6, 6.07) is 9.14. The Morgan fingerprint density at radius 2 is 1.50 bits per heavy atom. The Hall–Kier alpha value is -1.66. The molecule has 0 saturated carbocycles. The normalized spacial score (nSPS) is 10.3. The standard InChI is InChI=1S/C19H22O5P.Li/c1-6-24-16-14(21-3)12(2)18(17(23-5)15(16)22-4)25-19(20)13-10-8-7-9-11-13;/h7-11H,6H2,1-5H3;/q-1;+1. The van der Waals surface area contributed by atoms with E-state index in [0.29, 0.717) is 49.1 Å². The van der Waals surface area contributed by atoms with E-state index >= 15 is 0 Å². The van der Waals surface area contributed by atoms with Gasteiger partial charge in [0, 0.05) is 5.52 Å². The van der Waals surface area contributed by atoms with Crippen molar-refractivity contribution in [3.05, 3.63) is 41.5 Å². The van der Waals surface area contributed by atoms with Gasteiger partial charge in [-0.1, -0.05) is 30.3 Å². The average Bonchev–Trinajstić information content (AvgIpc) is 2.64. The van der Waals surface area contributed by atoms with Crippen molar-refractivity contribution in [3.8, 4) is 23.0 Å². The molecule has 2 aromatic carbocycles. The summed E-state index contributed by atoms with van der Waals surface area (Å²) >= 11 is 0. The Balaban J connectivity index is 0.00000338. The van der Waals surface area contributed by atoms with E-state index in [0.717, 1.165) is 5.56 Å². The average molecular weight is 368 g/mol. The van der Waals surface area contributed by atoms with Gasteiger partial charge in [-0.3, -0.25) is 0 Å². The summed E-state index contributed by atoms with van der Waals surface area (Å²) in [6.45, 7) is 4.21. The number of carbonyl (C=O) groups is 1. The minimum Gasteiger partial charge on any atom is -0.495 e. The molecule has 0 aliphatic rings. The van der Waals surface area contributed by atoms with Crippen LogP contribution in [0.3, 0.4) is 0 Å². The van der Waals surface area contributed by atoms with Crippen LogP contribution in [0.2, 0.25) is 0 Å². The van der Waals surface area contributed by atoms with Crippen molar-refractivity contribution < 1.29 is 42.6 Å². The van der Waals surface area contributed by atoms with Crippen molar-refractivity contribution in [1.29, 1.82) is 0 Å². The van der Waals surface area contributed by atoms with Crippen molar-refractivity contribution >= 4 is 19.4 Å². The van der Waals surface area contributed by atoms with Gasteiger partial charge in [0.05, 0.1) is 27.9 Å². The fraction of sp³-hybridized carbons (Fsp3) is 0.316. The van der Waals surface area contributed by atoms with Crippen LogP contribution in [0.1, 0.15) is 22.8 Å². The topological polar surface area (TPSA) is 54.0 Å². The Morgan fingerprint density at radius 1 is 0.923 bits per heavy atom. The Bertz CT molecular complexity index is 750. The van der Waals surface area contributed by atoms with Crippen LogP contribution in [0, 0.1) is 6.92 Å². The molecule has 0 unspecified atom stereocenters. The molecule has 5 nitrogen and oxygen atoms in total. The van der Waals surface area contributed by atoms with Gasteiger partial charge >= 0.3 is 18.9 Å². The van der Waals surface area contributed by atoms with Crippen LogP contribution < -0.4 is 43.1 Å². The summed E-state index contributed by atoms with van der Waals surface area (Å²) < 4.78 is 22.3. The number of hydrogen-bond acceptors (Lipinski definition) is 5. The molecule has 26 heavy (non-hydrogen) atoms. The molecule has 2 aromatic rings. The molecular formula is C19H22LiO5P. The summed E-state index contributed by atoms with van der Waals surface area (Å²) in [7, 11) is 5.13. The summed E-state index contributed by atoms with van der Waals surface area (Å²) in [5, 5.41) is 0.702. The van der Waals surface area contributed by atoms with E-state index in [1.165, 1.54) is 7.11 Å². The monoisotopic (exact) mass is 368 g/mol. The van der Waals surface area contributed by atoms with Gasteiger partial charge < -0.3 is 32.3 Å². The molecule has 0 radical (unpaired) electrons. The van der Waals surface area contributed by atoms with Gasteiger partial charge in [0.1, 0.15) is 5.75 Å². The Morgan fingerprint density at radius 3 is 2.00 bits per heavy atom. The molecule has 7 heteroatoms. The zero-order valence-corrected chi connectivity index (χ0v) is 17.0. The fourth-order valence-electron chi connectivity index (χ4n) is 2.54. The zero-order valence-electron chi connectivity index (χ0n) is 16.1. The molecule has 0 N–H and O–H groups in total. The molecular weight excluding hydrogens is 346 g/mol. The number of methoxy groups -OCH3 is 3. The number of benzene rings is 2.